The van der Waals surface area contributed by atoms with E-state index < -0.39 is 0 Å². The second-order valence-corrected chi connectivity index (χ2v) is 6.14. The molecule has 0 aromatic heterocycles. The van der Waals surface area contributed by atoms with Gasteiger partial charge in [0.1, 0.15) is 0 Å². The van der Waals surface area contributed by atoms with Gasteiger partial charge in [0.05, 0.1) is 0 Å². The zero-order chi connectivity index (χ0) is 10.5. The van der Waals surface area contributed by atoms with Crippen LogP contribution in [0.15, 0.2) is 0 Å². The van der Waals surface area contributed by atoms with E-state index in [0.717, 1.165) is 17.5 Å². The predicted octanol–water partition coefficient (Wildman–Crippen LogP) is 2.13. The van der Waals surface area contributed by atoms with Crippen molar-refractivity contribution in [3.05, 3.63) is 0 Å². The number of fused-ring (bicyclic) bond motifs is 2. The van der Waals surface area contributed by atoms with Gasteiger partial charge in [-0.1, -0.05) is 6.92 Å². The first kappa shape index (κ1) is 10.1. The SMILES string of the molecule is CCC1(CN2C3CCC2CC(N)C3)CC1. The van der Waals surface area contributed by atoms with Crippen LogP contribution in [0.4, 0.5) is 0 Å². The fraction of sp³-hybridized carbons (Fsp3) is 1.00. The summed E-state index contributed by atoms with van der Waals surface area (Å²) in [7, 11) is 0. The molecule has 0 spiro atoms. The van der Waals surface area contributed by atoms with Crippen LogP contribution in [0.3, 0.4) is 0 Å². The van der Waals surface area contributed by atoms with Crippen LogP contribution in [0, 0.1) is 5.41 Å². The normalized spacial score (nSPS) is 43.2. The van der Waals surface area contributed by atoms with Gasteiger partial charge in [-0.15, -0.1) is 0 Å². The molecule has 2 N–H and O–H groups in total. The fourth-order valence-electron chi connectivity index (χ4n) is 3.76. The number of hydrogen-bond donors (Lipinski definition) is 1. The minimum Gasteiger partial charge on any atom is -0.328 e. The lowest BCUT2D eigenvalue weighted by Gasteiger charge is -2.39. The van der Waals surface area contributed by atoms with E-state index in [1.54, 1.807) is 0 Å². The van der Waals surface area contributed by atoms with Crippen LogP contribution in [0.5, 0.6) is 0 Å². The smallest absolute Gasteiger partial charge is 0.0114 e. The molecule has 2 saturated heterocycles. The number of piperidine rings is 1. The molecule has 2 atom stereocenters. The highest BCUT2D eigenvalue weighted by atomic mass is 15.2. The Morgan fingerprint density at radius 3 is 2.27 bits per heavy atom. The summed E-state index contributed by atoms with van der Waals surface area (Å²) in [5.41, 5.74) is 6.83. The molecule has 2 aliphatic heterocycles. The maximum atomic E-state index is 6.10. The Morgan fingerprint density at radius 1 is 1.20 bits per heavy atom. The van der Waals surface area contributed by atoms with Crippen LogP contribution >= 0.6 is 0 Å². The number of nitrogens with two attached hydrogens (primary N) is 1. The fourth-order valence-corrected chi connectivity index (χ4v) is 3.76. The lowest BCUT2D eigenvalue weighted by Crippen LogP contribution is -2.49. The van der Waals surface area contributed by atoms with E-state index in [1.807, 2.05) is 0 Å². The molecule has 1 aliphatic carbocycles. The average Bonchev–Trinajstić information content (AvgIpc) is 2.94. The van der Waals surface area contributed by atoms with E-state index in [4.69, 9.17) is 5.73 Å². The zero-order valence-corrected chi connectivity index (χ0v) is 9.91. The highest BCUT2D eigenvalue weighted by molar-refractivity contribution is 5.02. The van der Waals surface area contributed by atoms with Crippen LogP contribution in [0.1, 0.15) is 51.9 Å². The van der Waals surface area contributed by atoms with Crippen LogP contribution in [-0.4, -0.2) is 29.6 Å². The second-order valence-electron chi connectivity index (χ2n) is 6.14. The summed E-state index contributed by atoms with van der Waals surface area (Å²) in [6.07, 6.45) is 9.69. The zero-order valence-electron chi connectivity index (χ0n) is 9.91. The van der Waals surface area contributed by atoms with Crippen molar-refractivity contribution in [3.8, 4) is 0 Å². The van der Waals surface area contributed by atoms with E-state index in [1.165, 1.54) is 51.5 Å². The maximum Gasteiger partial charge on any atom is 0.0114 e. The Bertz CT molecular complexity index is 233. The third-order valence-corrected chi connectivity index (χ3v) is 5.15. The molecule has 86 valence electrons. The maximum absolute atomic E-state index is 6.10. The summed E-state index contributed by atoms with van der Waals surface area (Å²) in [6, 6.07) is 2.17. The molecule has 2 unspecified atom stereocenters. The van der Waals surface area contributed by atoms with Crippen LogP contribution < -0.4 is 5.73 Å². The lowest BCUT2D eigenvalue weighted by molar-refractivity contribution is 0.0993. The van der Waals surface area contributed by atoms with Crippen molar-refractivity contribution in [1.29, 1.82) is 0 Å². The average molecular weight is 208 g/mol. The van der Waals surface area contributed by atoms with E-state index in [0.29, 0.717) is 6.04 Å². The van der Waals surface area contributed by atoms with E-state index in [2.05, 4.69) is 11.8 Å². The van der Waals surface area contributed by atoms with Crippen molar-refractivity contribution >= 4 is 0 Å². The first-order chi connectivity index (χ1) is 7.22. The molecule has 1 saturated carbocycles. The van der Waals surface area contributed by atoms with Crippen molar-refractivity contribution in [2.75, 3.05) is 6.54 Å². The minimum absolute atomic E-state index is 0.496. The number of rotatable bonds is 3. The Hall–Kier alpha value is -0.0800. The summed E-state index contributed by atoms with van der Waals surface area (Å²) < 4.78 is 0. The van der Waals surface area contributed by atoms with Crippen molar-refractivity contribution in [2.24, 2.45) is 11.1 Å². The Kier molecular flexibility index (Phi) is 2.33. The molecule has 3 aliphatic rings. The molecule has 2 bridgehead atoms. The summed E-state index contributed by atoms with van der Waals surface area (Å²) in [6.45, 7) is 3.75. The first-order valence-corrected chi connectivity index (χ1v) is 6.74. The van der Waals surface area contributed by atoms with Gasteiger partial charge >= 0.3 is 0 Å². The molecule has 3 rings (SSSR count). The molecule has 0 aromatic carbocycles. The van der Waals surface area contributed by atoms with E-state index in [9.17, 15) is 0 Å². The molecule has 0 aromatic rings. The van der Waals surface area contributed by atoms with Crippen molar-refractivity contribution in [1.82, 2.24) is 4.90 Å². The van der Waals surface area contributed by atoms with E-state index >= 15 is 0 Å². The van der Waals surface area contributed by atoms with Gasteiger partial charge < -0.3 is 5.73 Å². The van der Waals surface area contributed by atoms with Crippen molar-refractivity contribution in [2.45, 2.75) is 70.0 Å². The molecule has 2 heteroatoms. The largest absolute Gasteiger partial charge is 0.328 e. The lowest BCUT2D eigenvalue weighted by atomic mass is 9.94. The van der Waals surface area contributed by atoms with Crippen molar-refractivity contribution in [3.63, 3.8) is 0 Å². The number of hydrogen-bond acceptors (Lipinski definition) is 2. The second kappa shape index (κ2) is 3.46. The molecule has 3 fully saturated rings. The van der Waals surface area contributed by atoms with Gasteiger partial charge in [-0.05, 0) is 50.4 Å². The Balaban J connectivity index is 1.67. The van der Waals surface area contributed by atoms with E-state index in [-0.39, 0.29) is 0 Å². The summed E-state index contributed by atoms with van der Waals surface area (Å²) in [5.74, 6) is 0. The van der Waals surface area contributed by atoms with Gasteiger partial charge in [0.25, 0.3) is 0 Å². The molecule has 0 amide bonds. The standard InChI is InChI=1S/C13H24N2/c1-2-13(5-6-13)9-15-11-3-4-12(15)8-10(14)7-11/h10-12H,2-9,14H2,1H3. The van der Waals surface area contributed by atoms with Gasteiger partial charge in [0, 0.05) is 24.7 Å². The first-order valence-electron chi connectivity index (χ1n) is 6.74. The topological polar surface area (TPSA) is 29.3 Å². The third-order valence-electron chi connectivity index (χ3n) is 5.15. The Morgan fingerprint density at radius 2 is 1.80 bits per heavy atom. The highest BCUT2D eigenvalue weighted by Crippen LogP contribution is 2.51. The minimum atomic E-state index is 0.496. The summed E-state index contributed by atoms with van der Waals surface area (Å²) in [5, 5.41) is 0. The van der Waals surface area contributed by atoms with Gasteiger partial charge in [-0.25, -0.2) is 0 Å². The third kappa shape index (κ3) is 1.72. The van der Waals surface area contributed by atoms with Gasteiger partial charge in [-0.3, -0.25) is 4.90 Å². The predicted molar refractivity (Wildman–Crippen MR) is 62.7 cm³/mol. The molecule has 2 heterocycles. The van der Waals surface area contributed by atoms with Crippen molar-refractivity contribution < 1.29 is 0 Å². The quantitative estimate of drug-likeness (QED) is 0.770. The molecule has 2 nitrogen and oxygen atoms in total. The summed E-state index contributed by atoms with van der Waals surface area (Å²) >= 11 is 0. The van der Waals surface area contributed by atoms with Crippen LogP contribution in [0.2, 0.25) is 0 Å². The molecule has 15 heavy (non-hydrogen) atoms. The van der Waals surface area contributed by atoms with Gasteiger partial charge in [0.2, 0.25) is 0 Å². The Labute approximate surface area is 93.2 Å². The van der Waals surface area contributed by atoms with Gasteiger partial charge in [0.15, 0.2) is 0 Å². The monoisotopic (exact) mass is 208 g/mol. The molecular weight excluding hydrogens is 184 g/mol. The number of nitrogens with zero attached hydrogens (tertiary/aromatic N) is 1. The van der Waals surface area contributed by atoms with Gasteiger partial charge in [-0.2, -0.15) is 0 Å². The van der Waals surface area contributed by atoms with Crippen LogP contribution in [-0.2, 0) is 0 Å². The molecular formula is C13H24N2. The summed E-state index contributed by atoms with van der Waals surface area (Å²) in [4.78, 5) is 2.82. The highest BCUT2D eigenvalue weighted by Gasteiger charge is 2.47. The van der Waals surface area contributed by atoms with Crippen LogP contribution in [0.25, 0.3) is 0 Å². The molecule has 0 radical (unpaired) electrons.